The van der Waals surface area contributed by atoms with Crippen LogP contribution >= 0.6 is 0 Å². The SMILES string of the molecule is O=C1C(CCC(O)c2ccccc2)C(c2ccc(-c3ccc(S(=O)(=O)O)cc3)cc2O)N1c1cccc(F)c1. The van der Waals surface area contributed by atoms with Crippen LogP contribution in [0.4, 0.5) is 10.1 Å². The van der Waals surface area contributed by atoms with Gasteiger partial charge in [-0.05, 0) is 65.9 Å². The monoisotopic (exact) mass is 547 g/mol. The maximum absolute atomic E-state index is 14.0. The molecule has 7 nitrogen and oxygen atoms in total. The van der Waals surface area contributed by atoms with Crippen LogP contribution in [-0.2, 0) is 14.9 Å². The number of hydrogen-bond acceptors (Lipinski definition) is 5. The number of phenolic OH excluding ortho intramolecular Hbond substituents is 1. The summed E-state index contributed by atoms with van der Waals surface area (Å²) >= 11 is 0. The van der Waals surface area contributed by atoms with Crippen molar-refractivity contribution in [3.63, 3.8) is 0 Å². The second-order valence-electron chi connectivity index (χ2n) is 9.52. The van der Waals surface area contributed by atoms with Crippen molar-refractivity contribution in [1.29, 1.82) is 0 Å². The fraction of sp³-hybridized carbons (Fsp3) is 0.167. The Balaban J connectivity index is 1.44. The highest BCUT2D eigenvalue weighted by Crippen LogP contribution is 2.49. The van der Waals surface area contributed by atoms with Crippen LogP contribution in [0.1, 0.15) is 36.1 Å². The number of anilines is 1. The van der Waals surface area contributed by atoms with Crippen molar-refractivity contribution in [2.75, 3.05) is 4.90 Å². The van der Waals surface area contributed by atoms with Crippen LogP contribution < -0.4 is 4.90 Å². The van der Waals surface area contributed by atoms with Gasteiger partial charge in [0.1, 0.15) is 11.6 Å². The Morgan fingerprint density at radius 3 is 2.21 bits per heavy atom. The Morgan fingerprint density at radius 2 is 1.56 bits per heavy atom. The number of aliphatic hydroxyl groups is 1. The average Bonchev–Trinajstić information content (AvgIpc) is 2.92. The molecule has 4 aromatic carbocycles. The number of benzene rings is 4. The van der Waals surface area contributed by atoms with Gasteiger partial charge in [-0.15, -0.1) is 0 Å². The molecule has 1 aliphatic rings. The van der Waals surface area contributed by atoms with Crippen LogP contribution in [0, 0.1) is 11.7 Å². The zero-order valence-electron chi connectivity index (χ0n) is 20.7. The molecule has 200 valence electrons. The molecule has 0 saturated carbocycles. The van der Waals surface area contributed by atoms with Crippen LogP contribution in [-0.4, -0.2) is 29.1 Å². The fourth-order valence-electron chi connectivity index (χ4n) is 5.07. The first-order valence-electron chi connectivity index (χ1n) is 12.4. The Hall–Kier alpha value is -4.05. The number of aliphatic hydroxyl groups excluding tert-OH is 1. The predicted molar refractivity (Wildman–Crippen MR) is 144 cm³/mol. The van der Waals surface area contributed by atoms with Gasteiger partial charge in [-0.2, -0.15) is 8.42 Å². The molecule has 9 heteroatoms. The molecule has 1 aliphatic heterocycles. The van der Waals surface area contributed by atoms with E-state index in [0.717, 1.165) is 5.56 Å². The molecule has 0 spiro atoms. The van der Waals surface area contributed by atoms with E-state index in [1.807, 2.05) is 30.3 Å². The number of halogens is 1. The minimum atomic E-state index is -4.33. The van der Waals surface area contributed by atoms with Gasteiger partial charge in [-0.3, -0.25) is 9.35 Å². The Bertz CT molecular complexity index is 1610. The Labute approximate surface area is 225 Å². The second kappa shape index (κ2) is 10.6. The summed E-state index contributed by atoms with van der Waals surface area (Å²) in [5, 5.41) is 21.7. The second-order valence-corrected chi connectivity index (χ2v) is 10.9. The highest BCUT2D eigenvalue weighted by molar-refractivity contribution is 7.85. The van der Waals surface area contributed by atoms with Crippen molar-refractivity contribution >= 4 is 21.7 Å². The quantitative estimate of drug-likeness (QED) is 0.194. The molecular weight excluding hydrogens is 521 g/mol. The number of rotatable bonds is 8. The number of carbonyl (C=O) groups excluding carboxylic acids is 1. The lowest BCUT2D eigenvalue weighted by Crippen LogP contribution is -2.55. The van der Waals surface area contributed by atoms with Gasteiger partial charge in [0.25, 0.3) is 10.1 Å². The molecule has 39 heavy (non-hydrogen) atoms. The first-order valence-corrected chi connectivity index (χ1v) is 13.8. The first-order chi connectivity index (χ1) is 18.6. The van der Waals surface area contributed by atoms with Gasteiger partial charge in [0, 0.05) is 11.3 Å². The highest BCUT2D eigenvalue weighted by atomic mass is 32.2. The Kier molecular flexibility index (Phi) is 7.22. The minimum absolute atomic E-state index is 0.0844. The standard InChI is InChI=1S/C30H26FNO6S/c31-22-7-4-8-23(18-22)32-29(26(30(32)35)15-16-27(33)20-5-2-1-3-6-20)25-14-11-21(17-28(25)34)19-9-12-24(13-10-19)39(36,37)38/h1-14,17-18,26-27,29,33-34H,15-16H2,(H,36,37,38). The van der Waals surface area contributed by atoms with Gasteiger partial charge in [-0.25, -0.2) is 4.39 Å². The van der Waals surface area contributed by atoms with Crippen LogP contribution in [0.2, 0.25) is 0 Å². The molecular formula is C30H26FNO6S. The summed E-state index contributed by atoms with van der Waals surface area (Å²) in [6, 6.07) is 24.7. The van der Waals surface area contributed by atoms with E-state index in [1.54, 1.807) is 18.2 Å². The molecule has 1 amide bonds. The molecule has 1 fully saturated rings. The van der Waals surface area contributed by atoms with E-state index >= 15 is 0 Å². The third kappa shape index (κ3) is 5.42. The zero-order valence-corrected chi connectivity index (χ0v) is 21.5. The first kappa shape index (κ1) is 26.6. The smallest absolute Gasteiger partial charge is 0.294 e. The van der Waals surface area contributed by atoms with Crippen molar-refractivity contribution in [3.05, 3.63) is 114 Å². The number of β-lactam (4-membered cyclic amide) rings is 1. The molecule has 0 bridgehead atoms. The Morgan fingerprint density at radius 1 is 0.872 bits per heavy atom. The number of aromatic hydroxyl groups is 1. The lowest BCUT2D eigenvalue weighted by molar-refractivity contribution is -0.131. The maximum atomic E-state index is 14.0. The normalized spacial score (nSPS) is 18.0. The molecule has 0 radical (unpaired) electrons. The van der Waals surface area contributed by atoms with E-state index in [-0.39, 0.29) is 16.6 Å². The number of carbonyl (C=O) groups is 1. The van der Waals surface area contributed by atoms with Gasteiger partial charge in [-0.1, -0.05) is 60.7 Å². The summed E-state index contributed by atoms with van der Waals surface area (Å²) < 4.78 is 45.9. The van der Waals surface area contributed by atoms with Crippen molar-refractivity contribution in [2.24, 2.45) is 5.92 Å². The molecule has 4 aromatic rings. The molecule has 0 aliphatic carbocycles. The molecule has 3 atom stereocenters. The fourth-order valence-corrected chi connectivity index (χ4v) is 5.55. The number of nitrogens with zero attached hydrogens (tertiary/aromatic N) is 1. The van der Waals surface area contributed by atoms with Crippen LogP contribution in [0.15, 0.2) is 102 Å². The summed E-state index contributed by atoms with van der Waals surface area (Å²) in [7, 11) is -4.33. The zero-order chi connectivity index (χ0) is 27.7. The van der Waals surface area contributed by atoms with Gasteiger partial charge < -0.3 is 15.1 Å². The minimum Gasteiger partial charge on any atom is -0.508 e. The van der Waals surface area contributed by atoms with Crippen LogP contribution in [0.25, 0.3) is 11.1 Å². The summed E-state index contributed by atoms with van der Waals surface area (Å²) in [5.41, 5.74) is 2.79. The molecule has 5 rings (SSSR count). The molecule has 0 aromatic heterocycles. The van der Waals surface area contributed by atoms with Crippen molar-refractivity contribution in [1.82, 2.24) is 0 Å². The summed E-state index contributed by atoms with van der Waals surface area (Å²) in [6.45, 7) is 0. The average molecular weight is 548 g/mol. The van der Waals surface area contributed by atoms with Gasteiger partial charge in [0.2, 0.25) is 5.91 Å². The van der Waals surface area contributed by atoms with E-state index < -0.39 is 34.0 Å². The van der Waals surface area contributed by atoms with Crippen molar-refractivity contribution in [3.8, 4) is 16.9 Å². The summed E-state index contributed by atoms with van der Waals surface area (Å²) in [4.78, 5) is 14.5. The third-order valence-electron chi connectivity index (χ3n) is 7.07. The molecule has 1 heterocycles. The van der Waals surface area contributed by atoms with Gasteiger partial charge in [0.15, 0.2) is 0 Å². The number of phenols is 1. The van der Waals surface area contributed by atoms with E-state index in [2.05, 4.69) is 0 Å². The number of amides is 1. The van der Waals surface area contributed by atoms with Crippen LogP contribution in [0.3, 0.4) is 0 Å². The summed E-state index contributed by atoms with van der Waals surface area (Å²) in [6.07, 6.45) is -0.0826. The van der Waals surface area contributed by atoms with E-state index in [9.17, 15) is 32.4 Å². The van der Waals surface area contributed by atoms with Gasteiger partial charge >= 0.3 is 0 Å². The highest BCUT2D eigenvalue weighted by Gasteiger charge is 2.49. The van der Waals surface area contributed by atoms with E-state index in [1.165, 1.54) is 53.4 Å². The number of hydrogen-bond donors (Lipinski definition) is 3. The largest absolute Gasteiger partial charge is 0.508 e. The third-order valence-corrected chi connectivity index (χ3v) is 7.94. The lowest BCUT2D eigenvalue weighted by atomic mass is 9.77. The van der Waals surface area contributed by atoms with E-state index in [4.69, 9.17) is 0 Å². The molecule has 3 unspecified atom stereocenters. The molecule has 1 saturated heterocycles. The van der Waals surface area contributed by atoms with E-state index in [0.29, 0.717) is 35.2 Å². The lowest BCUT2D eigenvalue weighted by Gasteiger charge is -2.48. The topological polar surface area (TPSA) is 115 Å². The maximum Gasteiger partial charge on any atom is 0.294 e. The molecule has 3 N–H and O–H groups in total. The predicted octanol–water partition coefficient (Wildman–Crippen LogP) is 5.66. The summed E-state index contributed by atoms with van der Waals surface area (Å²) in [5.74, 6) is -1.35. The van der Waals surface area contributed by atoms with Gasteiger partial charge in [0.05, 0.1) is 23.0 Å². The van der Waals surface area contributed by atoms with Crippen molar-refractivity contribution in [2.45, 2.75) is 29.9 Å². The van der Waals surface area contributed by atoms with Crippen LogP contribution in [0.5, 0.6) is 5.75 Å². The van der Waals surface area contributed by atoms with Crippen molar-refractivity contribution < 1.29 is 32.4 Å².